The predicted octanol–water partition coefficient (Wildman–Crippen LogP) is 3.73. The Bertz CT molecular complexity index is 407. The fourth-order valence-corrected chi connectivity index (χ4v) is 1.82. The van der Waals surface area contributed by atoms with E-state index in [-0.39, 0.29) is 0 Å². The van der Waals surface area contributed by atoms with Crippen LogP contribution in [-0.2, 0) is 11.8 Å². The summed E-state index contributed by atoms with van der Waals surface area (Å²) in [4.78, 5) is 0. The molecule has 0 unspecified atom stereocenters. The third-order valence-electron chi connectivity index (χ3n) is 2.01. The number of hydrogen-bond acceptors (Lipinski definition) is 1. The molecule has 0 aliphatic heterocycles. The van der Waals surface area contributed by atoms with Crippen molar-refractivity contribution in [1.82, 2.24) is 0 Å². The quantitative estimate of drug-likeness (QED) is 0.759. The van der Waals surface area contributed by atoms with E-state index in [1.807, 2.05) is 0 Å². The summed E-state index contributed by atoms with van der Waals surface area (Å²) < 4.78 is 50.7. The summed E-state index contributed by atoms with van der Waals surface area (Å²) in [7, 11) is 0. The van der Waals surface area contributed by atoms with Crippen molar-refractivity contribution in [3.8, 4) is 0 Å². The fourth-order valence-electron chi connectivity index (χ4n) is 1.33. The van der Waals surface area contributed by atoms with Gasteiger partial charge in [-0.2, -0.15) is 13.2 Å². The maximum absolute atomic E-state index is 13.3. The molecule has 0 atom stereocenters. The highest BCUT2D eigenvalue weighted by Gasteiger charge is 2.37. The summed E-state index contributed by atoms with van der Waals surface area (Å²) in [5, 5.41) is 8.74. The Morgan fingerprint density at radius 1 is 1.19 bits per heavy atom. The molecule has 1 N–H and O–H groups in total. The van der Waals surface area contributed by atoms with E-state index in [4.69, 9.17) is 11.6 Å². The van der Waals surface area contributed by atoms with Gasteiger partial charge in [0.25, 0.3) is 0 Å². The minimum Gasteiger partial charge on any atom is -0.386 e. The highest BCUT2D eigenvalue weighted by atomic mass is 35.5. The van der Waals surface area contributed by atoms with E-state index in [9.17, 15) is 22.7 Å². The largest absolute Gasteiger partial charge is 0.417 e. The Kier molecular flexibility index (Phi) is 3.22. The number of rotatable bonds is 1. The van der Waals surface area contributed by atoms with Crippen molar-refractivity contribution >= 4 is 11.6 Å². The van der Waals surface area contributed by atoms with Crippen LogP contribution in [0.1, 0.15) is 25.0 Å². The lowest BCUT2D eigenvalue weighted by Crippen LogP contribution is -2.20. The number of alkyl halides is 3. The van der Waals surface area contributed by atoms with Crippen LogP contribution < -0.4 is 0 Å². The molecule has 16 heavy (non-hydrogen) atoms. The monoisotopic (exact) mass is 256 g/mol. The van der Waals surface area contributed by atoms with Crippen LogP contribution >= 0.6 is 11.6 Å². The van der Waals surface area contributed by atoms with Gasteiger partial charge < -0.3 is 5.11 Å². The van der Waals surface area contributed by atoms with Crippen molar-refractivity contribution in [2.45, 2.75) is 25.6 Å². The highest BCUT2D eigenvalue weighted by Crippen LogP contribution is 2.40. The Hall–Kier alpha value is -0.810. The summed E-state index contributed by atoms with van der Waals surface area (Å²) >= 11 is 5.46. The van der Waals surface area contributed by atoms with Gasteiger partial charge in [-0.3, -0.25) is 0 Å². The van der Waals surface area contributed by atoms with Crippen LogP contribution in [0.25, 0.3) is 0 Å². The van der Waals surface area contributed by atoms with Gasteiger partial charge in [-0.1, -0.05) is 11.6 Å². The SMILES string of the molecule is CC(C)(O)c1c(F)ccc(C(F)(F)F)c1Cl. The van der Waals surface area contributed by atoms with E-state index >= 15 is 0 Å². The van der Waals surface area contributed by atoms with Crippen LogP contribution in [0.4, 0.5) is 17.6 Å². The molecule has 1 rings (SSSR count). The van der Waals surface area contributed by atoms with Gasteiger partial charge in [0, 0.05) is 5.56 Å². The maximum atomic E-state index is 13.3. The van der Waals surface area contributed by atoms with E-state index in [1.54, 1.807) is 0 Å². The van der Waals surface area contributed by atoms with Gasteiger partial charge in [0.15, 0.2) is 0 Å². The number of halogens is 5. The minimum absolute atomic E-state index is 0.549. The maximum Gasteiger partial charge on any atom is 0.417 e. The highest BCUT2D eigenvalue weighted by molar-refractivity contribution is 6.32. The number of hydrogen-bond donors (Lipinski definition) is 1. The summed E-state index contributed by atoms with van der Waals surface area (Å²) in [6.07, 6.45) is -4.68. The van der Waals surface area contributed by atoms with Crippen molar-refractivity contribution in [3.63, 3.8) is 0 Å². The lowest BCUT2D eigenvalue weighted by molar-refractivity contribution is -0.137. The molecule has 6 heteroatoms. The second kappa shape index (κ2) is 3.89. The number of benzene rings is 1. The molecule has 0 spiro atoms. The molecule has 0 amide bonds. The zero-order valence-corrected chi connectivity index (χ0v) is 9.25. The van der Waals surface area contributed by atoms with Crippen LogP contribution in [-0.4, -0.2) is 5.11 Å². The standard InChI is InChI=1S/C10H9ClF4O/c1-9(2,16)7-6(12)4-3-5(8(7)11)10(13,14)15/h3-4,16H,1-2H3. The average Bonchev–Trinajstić information content (AvgIpc) is 1.97. The van der Waals surface area contributed by atoms with Gasteiger partial charge in [0.05, 0.1) is 16.2 Å². The van der Waals surface area contributed by atoms with Crippen molar-refractivity contribution in [1.29, 1.82) is 0 Å². The van der Waals surface area contributed by atoms with E-state index < -0.39 is 33.7 Å². The van der Waals surface area contributed by atoms with Gasteiger partial charge in [0.2, 0.25) is 0 Å². The Labute approximate surface area is 94.7 Å². The molecule has 0 radical (unpaired) electrons. The van der Waals surface area contributed by atoms with E-state index in [1.165, 1.54) is 0 Å². The first-order chi connectivity index (χ1) is 7.05. The van der Waals surface area contributed by atoms with Gasteiger partial charge in [-0.15, -0.1) is 0 Å². The van der Waals surface area contributed by atoms with Gasteiger partial charge in [-0.05, 0) is 26.0 Å². The molecule has 1 nitrogen and oxygen atoms in total. The summed E-state index contributed by atoms with van der Waals surface area (Å²) in [6.45, 7) is 2.33. The molecular weight excluding hydrogens is 248 g/mol. The van der Waals surface area contributed by atoms with E-state index in [2.05, 4.69) is 0 Å². The molecule has 0 heterocycles. The Balaban J connectivity index is 3.52. The third kappa shape index (κ3) is 2.47. The van der Waals surface area contributed by atoms with Crippen LogP contribution in [0.2, 0.25) is 5.02 Å². The molecular formula is C10H9ClF4O. The molecule has 0 fully saturated rings. The number of aliphatic hydroxyl groups is 1. The Morgan fingerprint density at radius 2 is 1.69 bits per heavy atom. The van der Waals surface area contributed by atoms with Crippen molar-refractivity contribution in [2.75, 3.05) is 0 Å². The minimum atomic E-state index is -4.68. The molecule has 0 saturated heterocycles. The van der Waals surface area contributed by atoms with Crippen molar-refractivity contribution in [3.05, 3.63) is 34.1 Å². The smallest absolute Gasteiger partial charge is 0.386 e. The zero-order valence-electron chi connectivity index (χ0n) is 8.49. The molecule has 90 valence electrons. The second-order valence-electron chi connectivity index (χ2n) is 3.84. The topological polar surface area (TPSA) is 20.2 Å². The first kappa shape index (κ1) is 13.3. The molecule has 1 aromatic rings. The molecule has 0 aliphatic rings. The first-order valence-electron chi connectivity index (χ1n) is 4.33. The molecule has 0 saturated carbocycles. The molecule has 0 aliphatic carbocycles. The predicted molar refractivity (Wildman–Crippen MR) is 51.7 cm³/mol. The van der Waals surface area contributed by atoms with E-state index in [0.29, 0.717) is 12.1 Å². The van der Waals surface area contributed by atoms with Crippen LogP contribution in [0.3, 0.4) is 0 Å². The van der Waals surface area contributed by atoms with Crippen LogP contribution in [0.5, 0.6) is 0 Å². The van der Waals surface area contributed by atoms with Gasteiger partial charge in [0.1, 0.15) is 5.82 Å². The van der Waals surface area contributed by atoms with Gasteiger partial charge >= 0.3 is 6.18 Å². The summed E-state index contributed by atoms with van der Waals surface area (Å²) in [5.74, 6) is -0.967. The fraction of sp³-hybridized carbons (Fsp3) is 0.400. The second-order valence-corrected chi connectivity index (χ2v) is 4.22. The van der Waals surface area contributed by atoms with Crippen LogP contribution in [0.15, 0.2) is 12.1 Å². The normalized spacial score (nSPS) is 13.0. The lowest BCUT2D eigenvalue weighted by atomic mass is 9.95. The summed E-state index contributed by atoms with van der Waals surface area (Å²) in [5.41, 5.74) is -3.49. The zero-order chi connectivity index (χ0) is 12.7. The average molecular weight is 257 g/mol. The van der Waals surface area contributed by atoms with Crippen molar-refractivity contribution < 1.29 is 22.7 Å². The van der Waals surface area contributed by atoms with Gasteiger partial charge in [-0.25, -0.2) is 4.39 Å². The molecule has 0 aromatic heterocycles. The van der Waals surface area contributed by atoms with Crippen LogP contribution in [0, 0.1) is 5.82 Å². The third-order valence-corrected chi connectivity index (χ3v) is 2.40. The molecule has 0 bridgehead atoms. The molecule has 1 aromatic carbocycles. The summed E-state index contributed by atoms with van der Waals surface area (Å²) in [6, 6.07) is 1.19. The van der Waals surface area contributed by atoms with E-state index in [0.717, 1.165) is 13.8 Å². The first-order valence-corrected chi connectivity index (χ1v) is 4.71. The van der Waals surface area contributed by atoms with Crippen molar-refractivity contribution in [2.24, 2.45) is 0 Å². The lowest BCUT2D eigenvalue weighted by Gasteiger charge is -2.22. The Morgan fingerprint density at radius 3 is 2.06 bits per heavy atom.